The van der Waals surface area contributed by atoms with Crippen LogP contribution in [0.3, 0.4) is 0 Å². The average Bonchev–Trinajstić information content (AvgIpc) is 2.98. The zero-order chi connectivity index (χ0) is 18.6. The molecule has 4 rings (SSSR count). The Balaban J connectivity index is 2.04. The number of hydrogen-bond acceptors (Lipinski definition) is 4. The van der Waals surface area contributed by atoms with Gasteiger partial charge >= 0.3 is 0 Å². The van der Waals surface area contributed by atoms with Crippen LogP contribution in [0, 0.1) is 11.6 Å². The van der Waals surface area contributed by atoms with E-state index in [1.54, 1.807) is 18.6 Å². The summed E-state index contributed by atoms with van der Waals surface area (Å²) in [5.74, 6) is 0.852. The quantitative estimate of drug-likeness (QED) is 0.511. The molecule has 1 aromatic heterocycles. The second-order valence-electron chi connectivity index (χ2n) is 7.24. The van der Waals surface area contributed by atoms with Crippen LogP contribution in [-0.2, 0) is 5.54 Å². The summed E-state index contributed by atoms with van der Waals surface area (Å²) in [4.78, 5) is 3.61. The van der Waals surface area contributed by atoms with E-state index in [4.69, 9.17) is 17.0 Å². The van der Waals surface area contributed by atoms with E-state index in [-0.39, 0.29) is 5.54 Å². The lowest BCUT2D eigenvalue weighted by atomic mass is 9.88. The van der Waals surface area contributed by atoms with Gasteiger partial charge in [0.1, 0.15) is 10.4 Å². The van der Waals surface area contributed by atoms with Crippen molar-refractivity contribution in [2.45, 2.75) is 26.3 Å². The van der Waals surface area contributed by atoms with E-state index >= 15 is 0 Å². The first-order chi connectivity index (χ1) is 12.3. The van der Waals surface area contributed by atoms with E-state index in [9.17, 15) is 0 Å². The summed E-state index contributed by atoms with van der Waals surface area (Å²) >= 11 is 7.69. The number of fused-ring (bicyclic) bond motifs is 3. The predicted octanol–water partition coefficient (Wildman–Crippen LogP) is 5.94. The Hall–Kier alpha value is -2.11. The molecule has 2 heterocycles. The van der Waals surface area contributed by atoms with E-state index < -0.39 is 0 Å². The second-order valence-corrected chi connectivity index (χ2v) is 8.58. The summed E-state index contributed by atoms with van der Waals surface area (Å²) in [6, 6.07) is 14.7. The zero-order valence-electron chi connectivity index (χ0n) is 15.7. The molecule has 0 bridgehead atoms. The summed E-state index contributed by atoms with van der Waals surface area (Å²) < 4.78 is 8.52. The van der Waals surface area contributed by atoms with Crippen LogP contribution in [0.15, 0.2) is 42.5 Å². The van der Waals surface area contributed by atoms with Crippen LogP contribution in [0.2, 0.25) is 0 Å². The number of anilines is 1. The third-order valence-corrected chi connectivity index (χ3v) is 7.24. The molecule has 0 amide bonds. The topological polar surface area (TPSA) is 17.4 Å². The van der Waals surface area contributed by atoms with Crippen LogP contribution in [0.1, 0.15) is 24.3 Å². The number of nitrogens with zero attached hydrogens (tertiary/aromatic N) is 2. The average molecular weight is 383 g/mol. The van der Waals surface area contributed by atoms with Gasteiger partial charge in [-0.2, -0.15) is 0 Å². The summed E-state index contributed by atoms with van der Waals surface area (Å²) in [6.07, 6.45) is 0. The van der Waals surface area contributed by atoms with Crippen molar-refractivity contribution in [3.8, 4) is 22.6 Å². The summed E-state index contributed by atoms with van der Waals surface area (Å²) in [5.41, 5.74) is 5.71. The second kappa shape index (κ2) is 5.96. The first kappa shape index (κ1) is 17.3. The molecule has 1 aliphatic rings. The Morgan fingerprint density at radius 2 is 1.88 bits per heavy atom. The van der Waals surface area contributed by atoms with Crippen LogP contribution in [0.5, 0.6) is 5.75 Å². The fourth-order valence-corrected chi connectivity index (χ4v) is 5.27. The van der Waals surface area contributed by atoms with Crippen LogP contribution < -0.4 is 9.64 Å². The third kappa shape index (κ3) is 2.42. The maximum Gasteiger partial charge on any atom is 0.129 e. The molecular weight excluding hydrogens is 360 g/mol. The van der Waals surface area contributed by atoms with Crippen molar-refractivity contribution in [2.24, 2.45) is 0 Å². The number of hydrogen-bond donors (Lipinski definition) is 0. The molecular formula is C21H22N2OS2. The van der Waals surface area contributed by atoms with E-state index in [2.05, 4.69) is 73.1 Å². The highest BCUT2D eigenvalue weighted by atomic mass is 32.1. The van der Waals surface area contributed by atoms with Crippen molar-refractivity contribution in [3.05, 3.63) is 57.5 Å². The number of rotatable bonds is 2. The first-order valence-corrected chi connectivity index (χ1v) is 9.79. The molecule has 0 atom stereocenters. The van der Waals surface area contributed by atoms with Crippen molar-refractivity contribution in [1.29, 1.82) is 0 Å². The SMILES string of the molecule is COc1ccc2c(c1)-c1c(sn(-c3cccc(C)c3)c1=S)C(C)(C)N2C. The molecule has 0 spiro atoms. The van der Waals surface area contributed by atoms with Gasteiger partial charge in [-0.15, -0.1) is 0 Å². The highest BCUT2D eigenvalue weighted by Gasteiger charge is 2.38. The number of aryl methyl sites for hydroxylation is 1. The van der Waals surface area contributed by atoms with Crippen molar-refractivity contribution in [2.75, 3.05) is 19.1 Å². The van der Waals surface area contributed by atoms with Crippen molar-refractivity contribution < 1.29 is 4.74 Å². The minimum Gasteiger partial charge on any atom is -0.497 e. The third-order valence-electron chi connectivity index (χ3n) is 5.27. The van der Waals surface area contributed by atoms with Crippen LogP contribution in [-0.4, -0.2) is 18.1 Å². The molecule has 5 heteroatoms. The summed E-state index contributed by atoms with van der Waals surface area (Å²) in [5, 5.41) is 0. The molecule has 0 aliphatic carbocycles. The molecule has 3 aromatic rings. The summed E-state index contributed by atoms with van der Waals surface area (Å²) in [7, 11) is 3.85. The normalized spacial score (nSPS) is 14.7. The smallest absolute Gasteiger partial charge is 0.129 e. The Kier molecular flexibility index (Phi) is 3.97. The van der Waals surface area contributed by atoms with E-state index in [1.807, 2.05) is 6.07 Å². The molecule has 0 saturated heterocycles. The maximum atomic E-state index is 5.95. The molecule has 0 unspecified atom stereocenters. The van der Waals surface area contributed by atoms with Crippen molar-refractivity contribution in [1.82, 2.24) is 3.96 Å². The van der Waals surface area contributed by atoms with Gasteiger partial charge in [0.05, 0.1) is 23.2 Å². The van der Waals surface area contributed by atoms with E-state index in [0.717, 1.165) is 27.2 Å². The maximum absolute atomic E-state index is 5.95. The van der Waals surface area contributed by atoms with Crippen molar-refractivity contribution >= 4 is 29.4 Å². The fourth-order valence-electron chi connectivity index (χ4n) is 3.54. The lowest BCUT2D eigenvalue weighted by molar-refractivity contribution is 0.414. The van der Waals surface area contributed by atoms with Gasteiger partial charge in [0.15, 0.2) is 0 Å². The molecule has 26 heavy (non-hydrogen) atoms. The van der Waals surface area contributed by atoms with E-state index in [0.29, 0.717) is 0 Å². The number of methoxy groups -OCH3 is 1. The van der Waals surface area contributed by atoms with Crippen LogP contribution >= 0.6 is 23.8 Å². The summed E-state index contributed by atoms with van der Waals surface area (Å²) in [6.45, 7) is 6.62. The zero-order valence-corrected chi connectivity index (χ0v) is 17.3. The van der Waals surface area contributed by atoms with Gasteiger partial charge in [-0.1, -0.05) is 35.9 Å². The number of benzene rings is 2. The molecule has 0 saturated carbocycles. The number of ether oxygens (including phenoxy) is 1. The van der Waals surface area contributed by atoms with Crippen molar-refractivity contribution in [3.63, 3.8) is 0 Å². The van der Waals surface area contributed by atoms with Gasteiger partial charge in [0.25, 0.3) is 0 Å². The Labute approximate surface area is 163 Å². The molecule has 0 radical (unpaired) electrons. The lowest BCUT2D eigenvalue weighted by Crippen LogP contribution is -2.40. The molecule has 134 valence electrons. The lowest BCUT2D eigenvalue weighted by Gasteiger charge is -2.42. The molecule has 0 N–H and O–H groups in total. The van der Waals surface area contributed by atoms with Crippen LogP contribution in [0.4, 0.5) is 5.69 Å². The number of aromatic nitrogens is 1. The largest absolute Gasteiger partial charge is 0.497 e. The highest BCUT2D eigenvalue weighted by molar-refractivity contribution is 7.71. The van der Waals surface area contributed by atoms with Gasteiger partial charge in [-0.25, -0.2) is 0 Å². The standard InChI is InChI=1S/C21H22N2OS2/c1-13-7-6-8-14(11-13)23-20(25)18-16-12-15(24-5)9-10-17(16)22(4)21(2,3)19(18)26-23/h6-12H,1-5H3. The Morgan fingerprint density at radius 3 is 2.58 bits per heavy atom. The minimum absolute atomic E-state index is 0.135. The van der Waals surface area contributed by atoms with Gasteiger partial charge in [0.2, 0.25) is 0 Å². The molecule has 0 fully saturated rings. The Morgan fingerprint density at radius 1 is 1.12 bits per heavy atom. The fraction of sp³-hybridized carbons (Fsp3) is 0.286. The van der Waals surface area contributed by atoms with Crippen LogP contribution in [0.25, 0.3) is 16.8 Å². The van der Waals surface area contributed by atoms with Gasteiger partial charge in [-0.3, -0.25) is 3.96 Å². The first-order valence-electron chi connectivity index (χ1n) is 8.60. The molecule has 2 aromatic carbocycles. The monoisotopic (exact) mass is 382 g/mol. The predicted molar refractivity (Wildman–Crippen MR) is 113 cm³/mol. The highest BCUT2D eigenvalue weighted by Crippen LogP contribution is 2.51. The Bertz CT molecular complexity index is 1060. The van der Waals surface area contributed by atoms with Gasteiger partial charge in [0, 0.05) is 23.9 Å². The van der Waals surface area contributed by atoms with E-state index in [1.165, 1.54) is 16.1 Å². The van der Waals surface area contributed by atoms with Gasteiger partial charge < -0.3 is 9.64 Å². The molecule has 3 nitrogen and oxygen atoms in total. The minimum atomic E-state index is -0.135. The molecule has 1 aliphatic heterocycles. The van der Waals surface area contributed by atoms with Gasteiger partial charge in [-0.05, 0) is 56.7 Å².